The van der Waals surface area contributed by atoms with E-state index >= 15 is 0 Å². The van der Waals surface area contributed by atoms with Gasteiger partial charge in [-0.05, 0) is 66.4 Å². The summed E-state index contributed by atoms with van der Waals surface area (Å²) >= 11 is 0. The normalized spacial score (nSPS) is 17.6. The van der Waals surface area contributed by atoms with Crippen molar-refractivity contribution in [2.75, 3.05) is 29.6 Å². The molecule has 2 N–H and O–H groups in total. The largest absolute Gasteiger partial charge is 0.416 e. The summed E-state index contributed by atoms with van der Waals surface area (Å²) in [4.78, 5) is 6.05. The lowest BCUT2D eigenvalue weighted by molar-refractivity contribution is -0.143. The van der Waals surface area contributed by atoms with Crippen LogP contribution >= 0.6 is 0 Å². The summed E-state index contributed by atoms with van der Waals surface area (Å²) in [5.74, 6) is 0.145. The number of fused-ring (bicyclic) bond motifs is 1. The number of halogens is 9. The zero-order valence-electron chi connectivity index (χ0n) is 22.2. The Morgan fingerprint density at radius 3 is 2.00 bits per heavy atom. The summed E-state index contributed by atoms with van der Waals surface area (Å²) in [7, 11) is 3.38. The molecule has 1 aliphatic rings. The van der Waals surface area contributed by atoms with Crippen LogP contribution in [0.4, 0.5) is 56.7 Å². The first-order valence-corrected chi connectivity index (χ1v) is 12.6. The van der Waals surface area contributed by atoms with Gasteiger partial charge in [0.25, 0.3) is 0 Å². The van der Waals surface area contributed by atoms with Crippen molar-refractivity contribution in [2.24, 2.45) is 0 Å². The molecule has 13 heteroatoms. The second kappa shape index (κ2) is 11.0. The third-order valence-electron chi connectivity index (χ3n) is 6.95. The van der Waals surface area contributed by atoms with Crippen LogP contribution in [0.2, 0.25) is 0 Å². The molecule has 0 spiro atoms. The molecule has 2 aromatic carbocycles. The molecule has 41 heavy (non-hydrogen) atoms. The number of aromatic nitrogens is 1. The number of nitrogens with one attached hydrogen (secondary N) is 2. The van der Waals surface area contributed by atoms with Gasteiger partial charge in [0.2, 0.25) is 0 Å². The molecule has 2 atom stereocenters. The molecule has 4 nitrogen and oxygen atoms in total. The fourth-order valence-corrected chi connectivity index (χ4v) is 4.77. The summed E-state index contributed by atoms with van der Waals surface area (Å²) in [6.07, 6.45) is -12.5. The molecule has 222 valence electrons. The number of hydrogen-bond donors (Lipinski definition) is 2. The van der Waals surface area contributed by atoms with Crippen molar-refractivity contribution in [3.05, 3.63) is 82.0 Å². The molecule has 3 aromatic rings. The summed E-state index contributed by atoms with van der Waals surface area (Å²) in [5, 5.41) is 6.36. The highest BCUT2D eigenvalue weighted by molar-refractivity contribution is 5.62. The highest BCUT2D eigenvalue weighted by Crippen LogP contribution is 2.41. The van der Waals surface area contributed by atoms with Crippen molar-refractivity contribution in [1.82, 2.24) is 4.98 Å². The molecule has 0 fully saturated rings. The van der Waals surface area contributed by atoms with Gasteiger partial charge in [-0.3, -0.25) is 0 Å². The highest BCUT2D eigenvalue weighted by atomic mass is 19.4. The van der Waals surface area contributed by atoms with E-state index < -0.39 is 41.3 Å². The van der Waals surface area contributed by atoms with E-state index in [4.69, 9.17) is 0 Å². The van der Waals surface area contributed by atoms with Crippen LogP contribution in [0.3, 0.4) is 0 Å². The van der Waals surface area contributed by atoms with E-state index in [1.54, 1.807) is 25.1 Å². The van der Waals surface area contributed by atoms with Crippen LogP contribution in [0.5, 0.6) is 0 Å². The van der Waals surface area contributed by atoms with Crippen LogP contribution in [-0.2, 0) is 24.9 Å². The third kappa shape index (κ3) is 6.99. The Kier molecular flexibility index (Phi) is 8.12. The Morgan fingerprint density at radius 1 is 0.854 bits per heavy atom. The number of nitrogens with zero attached hydrogens (tertiary/aromatic N) is 2. The average molecular weight is 591 g/mol. The third-order valence-corrected chi connectivity index (χ3v) is 6.95. The number of hydrogen-bond acceptors (Lipinski definition) is 4. The quantitative estimate of drug-likeness (QED) is 0.283. The Hall–Kier alpha value is -3.64. The molecule has 2 heterocycles. The Morgan fingerprint density at radius 2 is 1.46 bits per heavy atom. The van der Waals surface area contributed by atoms with Crippen molar-refractivity contribution in [3.63, 3.8) is 0 Å². The first-order valence-electron chi connectivity index (χ1n) is 12.6. The molecule has 0 amide bonds. The molecule has 1 aliphatic heterocycles. The van der Waals surface area contributed by atoms with Gasteiger partial charge < -0.3 is 15.5 Å². The van der Waals surface area contributed by atoms with Crippen LogP contribution in [0, 0.1) is 0 Å². The summed E-state index contributed by atoms with van der Waals surface area (Å²) < 4.78 is 121. The van der Waals surface area contributed by atoms with Crippen molar-refractivity contribution >= 4 is 17.2 Å². The summed E-state index contributed by atoms with van der Waals surface area (Å²) in [6, 6.07) is 5.54. The maximum atomic E-state index is 13.5. The van der Waals surface area contributed by atoms with Crippen LogP contribution < -0.4 is 15.5 Å². The zero-order valence-corrected chi connectivity index (χ0v) is 22.2. The van der Waals surface area contributed by atoms with Crippen molar-refractivity contribution in [3.8, 4) is 0 Å². The van der Waals surface area contributed by atoms with Crippen LogP contribution in [0.15, 0.2) is 48.7 Å². The second-order valence-corrected chi connectivity index (χ2v) is 10.2. The Balaban J connectivity index is 1.79. The molecule has 0 bridgehead atoms. The van der Waals surface area contributed by atoms with Crippen LogP contribution in [0.25, 0.3) is 0 Å². The predicted molar refractivity (Wildman–Crippen MR) is 138 cm³/mol. The molecule has 1 aromatic heterocycles. The molecular weight excluding hydrogens is 563 g/mol. The monoisotopic (exact) mass is 590 g/mol. The van der Waals surface area contributed by atoms with Gasteiger partial charge in [-0.1, -0.05) is 6.92 Å². The number of rotatable bonds is 6. The number of benzene rings is 2. The van der Waals surface area contributed by atoms with Crippen molar-refractivity contribution in [1.29, 1.82) is 0 Å². The maximum Gasteiger partial charge on any atom is 0.416 e. The average Bonchev–Trinajstić information content (AvgIpc) is 2.87. The summed E-state index contributed by atoms with van der Waals surface area (Å²) in [6.45, 7) is 1.91. The van der Waals surface area contributed by atoms with Crippen molar-refractivity contribution in [2.45, 2.75) is 56.8 Å². The lowest BCUT2D eigenvalue weighted by Gasteiger charge is -2.34. The molecule has 0 radical (unpaired) electrons. The fourth-order valence-electron chi connectivity index (χ4n) is 4.77. The minimum Gasteiger partial charge on any atom is -0.382 e. The highest BCUT2D eigenvalue weighted by Gasteiger charge is 2.37. The van der Waals surface area contributed by atoms with E-state index in [0.717, 1.165) is 12.1 Å². The lowest BCUT2D eigenvalue weighted by atomic mass is 9.90. The van der Waals surface area contributed by atoms with E-state index in [1.807, 2.05) is 6.92 Å². The van der Waals surface area contributed by atoms with Gasteiger partial charge in [-0.25, -0.2) is 4.98 Å². The molecule has 0 aliphatic carbocycles. The lowest BCUT2D eigenvalue weighted by Crippen LogP contribution is -2.31. The Bertz CT molecular complexity index is 1360. The van der Waals surface area contributed by atoms with E-state index in [2.05, 4.69) is 15.6 Å². The fraction of sp³-hybridized carbons (Fsp3) is 0.393. The standard InChI is InChI=1S/C28H27F9N4/c1-4-20-13-24(22-12-17(26(29,30)31)5-6-23(22)39-20)40-25-16(10-21(14-38-25)41(2)3)7-15-8-18(27(32,33)34)11-19(9-15)28(35,36)37/h5-6,8-12,14,20,24,39H,4,7,13H2,1-3H3,(H,38,40)/t20-,24-/m1/s1. The topological polar surface area (TPSA) is 40.2 Å². The zero-order chi connectivity index (χ0) is 30.3. The van der Waals surface area contributed by atoms with E-state index in [9.17, 15) is 39.5 Å². The maximum absolute atomic E-state index is 13.5. The van der Waals surface area contributed by atoms with E-state index in [0.29, 0.717) is 41.9 Å². The van der Waals surface area contributed by atoms with Gasteiger partial charge in [0, 0.05) is 37.8 Å². The first-order chi connectivity index (χ1) is 19.0. The van der Waals surface area contributed by atoms with Gasteiger partial charge in [0.05, 0.1) is 34.6 Å². The first kappa shape index (κ1) is 30.3. The molecule has 0 unspecified atom stereocenters. The molecule has 0 saturated heterocycles. The SMILES string of the molecule is CC[C@@H]1C[C@@H](Nc2ncc(N(C)C)cc2Cc2cc(C(F)(F)F)cc(C(F)(F)F)c2)c2cc(C(F)(F)F)ccc2N1. The minimum absolute atomic E-state index is 0.0617. The van der Waals surface area contributed by atoms with Gasteiger partial charge in [-0.2, -0.15) is 39.5 Å². The number of anilines is 3. The smallest absolute Gasteiger partial charge is 0.382 e. The van der Waals surface area contributed by atoms with Gasteiger partial charge in [0.15, 0.2) is 0 Å². The molecular formula is C28H27F9N4. The molecule has 0 saturated carbocycles. The van der Waals surface area contributed by atoms with Crippen molar-refractivity contribution < 1.29 is 39.5 Å². The van der Waals surface area contributed by atoms with Gasteiger partial charge in [-0.15, -0.1) is 0 Å². The minimum atomic E-state index is -5.01. The predicted octanol–water partition coefficient (Wildman–Crippen LogP) is 8.54. The van der Waals surface area contributed by atoms with Crippen LogP contribution in [0.1, 0.15) is 59.2 Å². The van der Waals surface area contributed by atoms with Gasteiger partial charge in [0.1, 0.15) is 5.82 Å². The summed E-state index contributed by atoms with van der Waals surface area (Å²) in [5.41, 5.74) is -2.34. The number of pyridine rings is 1. The van der Waals surface area contributed by atoms with E-state index in [-0.39, 0.29) is 35.5 Å². The second-order valence-electron chi connectivity index (χ2n) is 10.2. The Labute approximate surface area is 230 Å². The van der Waals surface area contributed by atoms with E-state index in [1.165, 1.54) is 12.3 Å². The van der Waals surface area contributed by atoms with Crippen LogP contribution in [-0.4, -0.2) is 25.1 Å². The van der Waals surface area contributed by atoms with Gasteiger partial charge >= 0.3 is 18.5 Å². The number of alkyl halides is 9. The molecule has 4 rings (SSSR count).